The number of benzene rings is 1. The highest BCUT2D eigenvalue weighted by molar-refractivity contribution is 5.89. The number of amides is 2. The van der Waals surface area contributed by atoms with E-state index in [1.54, 1.807) is 17.3 Å². The molecule has 0 radical (unpaired) electrons. The topological polar surface area (TPSA) is 53.5 Å². The third kappa shape index (κ3) is 3.33. The van der Waals surface area contributed by atoms with Crippen LogP contribution in [0.4, 0.5) is 0 Å². The summed E-state index contributed by atoms with van der Waals surface area (Å²) < 4.78 is 0. The fourth-order valence-corrected chi connectivity index (χ4v) is 5.50. The Morgan fingerprint density at radius 2 is 1.93 bits per heavy atom. The van der Waals surface area contributed by atoms with Gasteiger partial charge in [-0.1, -0.05) is 30.3 Å². The molecule has 1 spiro atoms. The lowest BCUT2D eigenvalue weighted by Crippen LogP contribution is -2.46. The normalized spacial score (nSPS) is 22.9. The molecule has 1 unspecified atom stereocenters. The summed E-state index contributed by atoms with van der Waals surface area (Å²) in [4.78, 5) is 33.5. The summed E-state index contributed by atoms with van der Waals surface area (Å²) >= 11 is 0. The maximum Gasteiger partial charge on any atom is 0.227 e. The van der Waals surface area contributed by atoms with Gasteiger partial charge in [0.2, 0.25) is 11.8 Å². The van der Waals surface area contributed by atoms with Crippen molar-refractivity contribution in [3.8, 4) is 0 Å². The van der Waals surface area contributed by atoms with Crippen molar-refractivity contribution in [3.05, 3.63) is 65.5 Å². The van der Waals surface area contributed by atoms with Crippen molar-refractivity contribution in [3.63, 3.8) is 0 Å². The zero-order valence-corrected chi connectivity index (χ0v) is 16.7. The predicted molar refractivity (Wildman–Crippen MR) is 110 cm³/mol. The SMILES string of the molecule is O=C1CC(C(=O)N2CCC3(CCc4ccccc43)CC2)CN1Cc1cccnc1. The van der Waals surface area contributed by atoms with Crippen LogP contribution in [0.2, 0.25) is 0 Å². The second-order valence-electron chi connectivity index (χ2n) is 8.80. The van der Waals surface area contributed by atoms with E-state index in [2.05, 4.69) is 29.2 Å². The number of piperidine rings is 1. The van der Waals surface area contributed by atoms with Crippen molar-refractivity contribution in [2.75, 3.05) is 19.6 Å². The van der Waals surface area contributed by atoms with Crippen molar-refractivity contribution < 1.29 is 9.59 Å². The zero-order valence-electron chi connectivity index (χ0n) is 16.7. The maximum absolute atomic E-state index is 13.1. The molecule has 5 nitrogen and oxygen atoms in total. The second kappa shape index (κ2) is 7.29. The number of likely N-dealkylation sites (tertiary alicyclic amines) is 2. The highest BCUT2D eigenvalue weighted by Gasteiger charge is 2.43. The number of pyridine rings is 1. The Balaban J connectivity index is 1.21. The van der Waals surface area contributed by atoms with Crippen LogP contribution >= 0.6 is 0 Å². The van der Waals surface area contributed by atoms with Gasteiger partial charge in [0.15, 0.2) is 0 Å². The van der Waals surface area contributed by atoms with Gasteiger partial charge in [0, 0.05) is 45.0 Å². The Morgan fingerprint density at radius 3 is 2.72 bits per heavy atom. The van der Waals surface area contributed by atoms with Gasteiger partial charge in [-0.15, -0.1) is 0 Å². The number of hydrogen-bond acceptors (Lipinski definition) is 3. The van der Waals surface area contributed by atoms with Crippen LogP contribution in [0.25, 0.3) is 0 Å². The first-order valence-electron chi connectivity index (χ1n) is 10.7. The molecule has 2 saturated heterocycles. The van der Waals surface area contributed by atoms with Gasteiger partial charge in [-0.25, -0.2) is 0 Å². The number of hydrogen-bond donors (Lipinski definition) is 0. The largest absolute Gasteiger partial charge is 0.342 e. The molecule has 3 heterocycles. The van der Waals surface area contributed by atoms with E-state index in [4.69, 9.17) is 0 Å². The lowest BCUT2D eigenvalue weighted by Gasteiger charge is -2.41. The second-order valence-corrected chi connectivity index (χ2v) is 8.80. The molecule has 1 aromatic carbocycles. The van der Waals surface area contributed by atoms with Crippen molar-refractivity contribution >= 4 is 11.8 Å². The first-order valence-corrected chi connectivity index (χ1v) is 10.7. The number of aromatic nitrogens is 1. The molecule has 5 heteroatoms. The molecular weight excluding hydrogens is 362 g/mol. The molecule has 2 fully saturated rings. The smallest absolute Gasteiger partial charge is 0.227 e. The van der Waals surface area contributed by atoms with Crippen LogP contribution in [-0.4, -0.2) is 46.2 Å². The summed E-state index contributed by atoms with van der Waals surface area (Å²) in [6.07, 6.45) is 8.29. The van der Waals surface area contributed by atoms with E-state index < -0.39 is 0 Å². The Hall–Kier alpha value is -2.69. The highest BCUT2D eigenvalue weighted by atomic mass is 16.2. The molecule has 2 amide bonds. The van der Waals surface area contributed by atoms with Gasteiger partial charge in [0.25, 0.3) is 0 Å². The molecule has 0 saturated carbocycles. The summed E-state index contributed by atoms with van der Waals surface area (Å²) in [5.41, 5.74) is 4.25. The molecule has 1 aliphatic carbocycles. The zero-order chi connectivity index (χ0) is 19.8. The predicted octanol–water partition coefficient (Wildman–Crippen LogP) is 2.94. The molecule has 5 rings (SSSR count). The molecule has 1 atom stereocenters. The first kappa shape index (κ1) is 18.3. The van der Waals surface area contributed by atoms with E-state index >= 15 is 0 Å². The van der Waals surface area contributed by atoms with Crippen molar-refractivity contribution in [2.24, 2.45) is 5.92 Å². The van der Waals surface area contributed by atoms with Crippen LogP contribution in [-0.2, 0) is 28.0 Å². The van der Waals surface area contributed by atoms with Gasteiger partial charge in [-0.05, 0) is 53.9 Å². The summed E-state index contributed by atoms with van der Waals surface area (Å²) in [6.45, 7) is 2.67. The van der Waals surface area contributed by atoms with Crippen LogP contribution in [0.15, 0.2) is 48.8 Å². The summed E-state index contributed by atoms with van der Waals surface area (Å²) in [5.74, 6) is 0.0302. The third-order valence-corrected chi connectivity index (χ3v) is 7.15. The molecule has 1 aromatic heterocycles. The molecular formula is C24H27N3O2. The molecule has 29 heavy (non-hydrogen) atoms. The Labute approximate surface area is 171 Å². The van der Waals surface area contributed by atoms with E-state index in [0.717, 1.165) is 37.9 Å². The van der Waals surface area contributed by atoms with Gasteiger partial charge in [-0.3, -0.25) is 14.6 Å². The lowest BCUT2D eigenvalue weighted by molar-refractivity contribution is -0.137. The van der Waals surface area contributed by atoms with Crippen molar-refractivity contribution in [1.29, 1.82) is 0 Å². The monoisotopic (exact) mass is 389 g/mol. The molecule has 2 aliphatic heterocycles. The summed E-state index contributed by atoms with van der Waals surface area (Å²) in [7, 11) is 0. The highest BCUT2D eigenvalue weighted by Crippen LogP contribution is 2.46. The fourth-order valence-electron chi connectivity index (χ4n) is 5.50. The van der Waals surface area contributed by atoms with Gasteiger partial charge < -0.3 is 9.80 Å². The third-order valence-electron chi connectivity index (χ3n) is 7.15. The number of carbonyl (C=O) groups is 2. The molecule has 3 aliphatic rings. The Bertz CT molecular complexity index is 919. The quantitative estimate of drug-likeness (QED) is 0.811. The van der Waals surface area contributed by atoms with Gasteiger partial charge in [-0.2, -0.15) is 0 Å². The van der Waals surface area contributed by atoms with Gasteiger partial charge in [0.05, 0.1) is 5.92 Å². The summed E-state index contributed by atoms with van der Waals surface area (Å²) in [6, 6.07) is 12.7. The van der Waals surface area contributed by atoms with Crippen molar-refractivity contribution in [1.82, 2.24) is 14.8 Å². The minimum absolute atomic E-state index is 0.0744. The van der Waals surface area contributed by atoms with Crippen LogP contribution in [0, 0.1) is 5.92 Å². The Morgan fingerprint density at radius 1 is 1.10 bits per heavy atom. The maximum atomic E-state index is 13.1. The van der Waals surface area contributed by atoms with Crippen LogP contribution < -0.4 is 0 Å². The molecule has 150 valence electrons. The first-order chi connectivity index (χ1) is 14.1. The molecule has 2 aromatic rings. The van der Waals surface area contributed by atoms with Crippen LogP contribution in [0.5, 0.6) is 0 Å². The van der Waals surface area contributed by atoms with E-state index in [1.807, 2.05) is 17.0 Å². The minimum Gasteiger partial charge on any atom is -0.342 e. The van der Waals surface area contributed by atoms with Gasteiger partial charge in [0.1, 0.15) is 0 Å². The van der Waals surface area contributed by atoms with E-state index in [0.29, 0.717) is 19.5 Å². The average Bonchev–Trinajstić information content (AvgIpc) is 3.30. The standard InChI is InChI=1S/C24H27N3O2/c28-22-14-20(17-27(22)16-18-4-3-11-25-15-18)23(29)26-12-9-24(10-13-26)8-7-19-5-1-2-6-21(19)24/h1-6,11,15,20H,7-10,12-14,16-17H2. The van der Waals surface area contributed by atoms with E-state index in [9.17, 15) is 9.59 Å². The number of nitrogens with zero attached hydrogens (tertiary/aromatic N) is 3. The number of aryl methyl sites for hydroxylation is 1. The van der Waals surface area contributed by atoms with Crippen LogP contribution in [0.3, 0.4) is 0 Å². The number of fused-ring (bicyclic) bond motifs is 2. The summed E-state index contributed by atoms with van der Waals surface area (Å²) in [5, 5.41) is 0. The van der Waals surface area contributed by atoms with Gasteiger partial charge >= 0.3 is 0 Å². The van der Waals surface area contributed by atoms with E-state index in [-0.39, 0.29) is 23.1 Å². The Kier molecular flexibility index (Phi) is 4.61. The van der Waals surface area contributed by atoms with Crippen LogP contribution in [0.1, 0.15) is 42.4 Å². The minimum atomic E-state index is -0.205. The average molecular weight is 389 g/mol. The van der Waals surface area contributed by atoms with Crippen molar-refractivity contribution in [2.45, 2.75) is 44.1 Å². The lowest BCUT2D eigenvalue weighted by atomic mass is 9.73. The number of carbonyl (C=O) groups excluding carboxylic acids is 2. The molecule has 0 bridgehead atoms. The molecule has 0 N–H and O–H groups in total. The van der Waals surface area contributed by atoms with E-state index in [1.165, 1.54) is 17.5 Å². The fraction of sp³-hybridized carbons (Fsp3) is 0.458. The number of rotatable bonds is 3.